The van der Waals surface area contributed by atoms with Crippen LogP contribution in [0.2, 0.25) is 5.02 Å². The summed E-state index contributed by atoms with van der Waals surface area (Å²) in [5, 5.41) is 0.289. The number of hydrogen-bond donors (Lipinski definition) is 1. The normalized spacial score (nSPS) is 10.0. The number of nitrogens with two attached hydrogens (primary N) is 1. The van der Waals surface area contributed by atoms with Gasteiger partial charge in [0.1, 0.15) is 12.2 Å². The minimum absolute atomic E-state index is 0.181. The van der Waals surface area contributed by atoms with E-state index in [1.807, 2.05) is 0 Å². The van der Waals surface area contributed by atoms with Crippen LogP contribution in [0.15, 0.2) is 18.2 Å². The van der Waals surface area contributed by atoms with Gasteiger partial charge in [-0.2, -0.15) is 0 Å². The number of esters is 1. The SMILES string of the molecule is COCCOC(=O)c1c(N)cccc1Cl. The fraction of sp³-hybridized carbons (Fsp3) is 0.300. The van der Waals surface area contributed by atoms with Crippen molar-refractivity contribution < 1.29 is 14.3 Å². The van der Waals surface area contributed by atoms with Gasteiger partial charge >= 0.3 is 5.97 Å². The smallest absolute Gasteiger partial charge is 0.341 e. The van der Waals surface area contributed by atoms with Gasteiger partial charge in [0.15, 0.2) is 0 Å². The van der Waals surface area contributed by atoms with Crippen LogP contribution < -0.4 is 5.73 Å². The van der Waals surface area contributed by atoms with E-state index in [4.69, 9.17) is 26.8 Å². The first-order valence-corrected chi connectivity index (χ1v) is 4.74. The predicted octanol–water partition coefficient (Wildman–Crippen LogP) is 1.73. The molecule has 0 aliphatic rings. The Morgan fingerprint density at radius 3 is 2.80 bits per heavy atom. The van der Waals surface area contributed by atoms with E-state index in [1.165, 1.54) is 7.11 Å². The van der Waals surface area contributed by atoms with Crippen molar-refractivity contribution >= 4 is 23.3 Å². The van der Waals surface area contributed by atoms with Crippen LogP contribution in [0.5, 0.6) is 0 Å². The van der Waals surface area contributed by atoms with Crippen LogP contribution in [-0.4, -0.2) is 26.3 Å². The number of anilines is 1. The quantitative estimate of drug-likeness (QED) is 0.485. The molecule has 0 unspecified atom stereocenters. The van der Waals surface area contributed by atoms with Crippen LogP contribution >= 0.6 is 11.6 Å². The summed E-state index contributed by atoms with van der Waals surface area (Å²) < 4.78 is 9.65. The molecule has 4 nitrogen and oxygen atoms in total. The second-order valence-corrected chi connectivity index (χ2v) is 3.24. The van der Waals surface area contributed by atoms with Gasteiger partial charge in [0.2, 0.25) is 0 Å². The average molecular weight is 230 g/mol. The lowest BCUT2D eigenvalue weighted by Crippen LogP contribution is -2.12. The Morgan fingerprint density at radius 2 is 2.20 bits per heavy atom. The molecule has 1 aromatic carbocycles. The maximum absolute atomic E-state index is 11.5. The van der Waals surface area contributed by atoms with Crippen LogP contribution in [0, 0.1) is 0 Å². The molecule has 0 aliphatic carbocycles. The fourth-order valence-electron chi connectivity index (χ4n) is 1.05. The molecule has 0 spiro atoms. The van der Waals surface area contributed by atoms with Crippen LogP contribution in [0.4, 0.5) is 5.69 Å². The number of hydrogen-bond acceptors (Lipinski definition) is 4. The first-order chi connectivity index (χ1) is 7.16. The lowest BCUT2D eigenvalue weighted by Gasteiger charge is -2.07. The van der Waals surface area contributed by atoms with Crippen molar-refractivity contribution in [2.24, 2.45) is 0 Å². The third kappa shape index (κ3) is 3.11. The molecule has 0 radical (unpaired) electrons. The lowest BCUT2D eigenvalue weighted by atomic mass is 10.2. The van der Waals surface area contributed by atoms with Crippen molar-refractivity contribution in [2.75, 3.05) is 26.1 Å². The summed E-state index contributed by atoms with van der Waals surface area (Å²) in [4.78, 5) is 11.5. The molecule has 0 atom stereocenters. The van der Waals surface area contributed by atoms with Gasteiger partial charge in [-0.05, 0) is 12.1 Å². The number of nitrogen functional groups attached to an aromatic ring is 1. The first kappa shape index (κ1) is 11.8. The third-order valence-electron chi connectivity index (χ3n) is 1.77. The van der Waals surface area contributed by atoms with Crippen molar-refractivity contribution in [3.8, 4) is 0 Å². The highest BCUT2D eigenvalue weighted by atomic mass is 35.5. The van der Waals surface area contributed by atoms with E-state index in [1.54, 1.807) is 18.2 Å². The molecule has 0 bridgehead atoms. The summed E-state index contributed by atoms with van der Waals surface area (Å²) in [7, 11) is 1.53. The number of ether oxygens (including phenoxy) is 2. The second-order valence-electron chi connectivity index (χ2n) is 2.83. The van der Waals surface area contributed by atoms with E-state index >= 15 is 0 Å². The molecule has 15 heavy (non-hydrogen) atoms. The number of carbonyl (C=O) groups excluding carboxylic acids is 1. The van der Waals surface area contributed by atoms with Gasteiger partial charge in [0.25, 0.3) is 0 Å². The van der Waals surface area contributed by atoms with Crippen LogP contribution in [0.1, 0.15) is 10.4 Å². The summed E-state index contributed by atoms with van der Waals surface area (Å²) in [6, 6.07) is 4.85. The molecule has 0 saturated heterocycles. The summed E-state index contributed by atoms with van der Waals surface area (Å²) in [6.07, 6.45) is 0. The molecule has 0 aliphatic heterocycles. The molecular weight excluding hydrogens is 218 g/mol. The highest BCUT2D eigenvalue weighted by Gasteiger charge is 2.14. The topological polar surface area (TPSA) is 61.5 Å². The van der Waals surface area contributed by atoms with Crippen LogP contribution in [0.25, 0.3) is 0 Å². The zero-order valence-electron chi connectivity index (χ0n) is 8.33. The molecule has 2 N–H and O–H groups in total. The fourth-order valence-corrected chi connectivity index (χ4v) is 1.31. The molecule has 5 heteroatoms. The minimum atomic E-state index is -0.532. The van der Waals surface area contributed by atoms with E-state index in [2.05, 4.69) is 0 Å². The van der Waals surface area contributed by atoms with E-state index in [-0.39, 0.29) is 17.2 Å². The zero-order chi connectivity index (χ0) is 11.3. The largest absolute Gasteiger partial charge is 0.460 e. The van der Waals surface area contributed by atoms with Gasteiger partial charge in [0.05, 0.1) is 11.6 Å². The number of carbonyl (C=O) groups is 1. The molecule has 0 aromatic heterocycles. The Bertz CT molecular complexity index is 334. The first-order valence-electron chi connectivity index (χ1n) is 4.37. The molecule has 0 amide bonds. The van der Waals surface area contributed by atoms with Crippen LogP contribution in [0.3, 0.4) is 0 Å². The molecule has 82 valence electrons. The standard InChI is InChI=1S/C10H12ClNO3/c1-14-5-6-15-10(13)9-7(11)3-2-4-8(9)12/h2-4H,5-6,12H2,1H3. The molecule has 0 heterocycles. The molecule has 0 saturated carbocycles. The van der Waals surface area contributed by atoms with E-state index in [0.29, 0.717) is 12.3 Å². The second kappa shape index (κ2) is 5.58. The Morgan fingerprint density at radius 1 is 1.47 bits per heavy atom. The van der Waals surface area contributed by atoms with E-state index in [0.717, 1.165) is 0 Å². The van der Waals surface area contributed by atoms with Crippen molar-refractivity contribution in [1.82, 2.24) is 0 Å². The van der Waals surface area contributed by atoms with Crippen molar-refractivity contribution in [1.29, 1.82) is 0 Å². The summed E-state index contributed by atoms with van der Waals surface area (Å²) in [6.45, 7) is 0.524. The third-order valence-corrected chi connectivity index (χ3v) is 2.09. The Balaban J connectivity index is 2.73. The summed E-state index contributed by atoms with van der Waals surface area (Å²) in [5.41, 5.74) is 6.12. The number of methoxy groups -OCH3 is 1. The Hall–Kier alpha value is -1.26. The van der Waals surface area contributed by atoms with Crippen molar-refractivity contribution in [3.63, 3.8) is 0 Å². The van der Waals surface area contributed by atoms with Gasteiger partial charge < -0.3 is 15.2 Å². The number of rotatable bonds is 4. The van der Waals surface area contributed by atoms with E-state index < -0.39 is 5.97 Å². The molecular formula is C10H12ClNO3. The van der Waals surface area contributed by atoms with Gasteiger partial charge in [-0.1, -0.05) is 17.7 Å². The van der Waals surface area contributed by atoms with Crippen LogP contribution in [-0.2, 0) is 9.47 Å². The Kier molecular flexibility index (Phi) is 4.39. The molecule has 1 aromatic rings. The van der Waals surface area contributed by atoms with Gasteiger partial charge in [-0.15, -0.1) is 0 Å². The van der Waals surface area contributed by atoms with Gasteiger partial charge in [0, 0.05) is 12.8 Å². The average Bonchev–Trinajstić information content (AvgIpc) is 2.18. The highest BCUT2D eigenvalue weighted by Crippen LogP contribution is 2.22. The molecule has 1 rings (SSSR count). The number of benzene rings is 1. The van der Waals surface area contributed by atoms with Gasteiger partial charge in [-0.25, -0.2) is 4.79 Å². The summed E-state index contributed by atoms with van der Waals surface area (Å²) >= 11 is 5.83. The monoisotopic (exact) mass is 229 g/mol. The Labute approximate surface area is 92.9 Å². The predicted molar refractivity (Wildman–Crippen MR) is 58.0 cm³/mol. The van der Waals surface area contributed by atoms with Gasteiger partial charge in [-0.3, -0.25) is 0 Å². The summed E-state index contributed by atoms with van der Waals surface area (Å²) in [5.74, 6) is -0.532. The maximum Gasteiger partial charge on any atom is 0.341 e. The highest BCUT2D eigenvalue weighted by molar-refractivity contribution is 6.34. The lowest BCUT2D eigenvalue weighted by molar-refractivity contribution is 0.0389. The van der Waals surface area contributed by atoms with Crippen molar-refractivity contribution in [3.05, 3.63) is 28.8 Å². The van der Waals surface area contributed by atoms with Crippen molar-refractivity contribution in [2.45, 2.75) is 0 Å². The number of halogens is 1. The maximum atomic E-state index is 11.5. The van der Waals surface area contributed by atoms with E-state index in [9.17, 15) is 4.79 Å². The zero-order valence-corrected chi connectivity index (χ0v) is 9.08. The minimum Gasteiger partial charge on any atom is -0.460 e. The molecule has 0 fully saturated rings.